The molecule has 0 aromatic heterocycles. The fourth-order valence-corrected chi connectivity index (χ4v) is 2.44. The van der Waals surface area contributed by atoms with Crippen LogP contribution in [0.2, 0.25) is 0 Å². The van der Waals surface area contributed by atoms with Crippen molar-refractivity contribution < 1.29 is 14.3 Å². The van der Waals surface area contributed by atoms with Gasteiger partial charge in [0.05, 0.1) is 14.2 Å². The zero-order chi connectivity index (χ0) is 13.8. The monoisotopic (exact) mass is 327 g/mol. The minimum absolute atomic E-state index is 0.0582. The summed E-state index contributed by atoms with van der Waals surface area (Å²) in [6.45, 7) is 0.734. The molecule has 0 heterocycles. The van der Waals surface area contributed by atoms with Crippen LogP contribution in [0, 0.1) is 0 Å². The van der Waals surface area contributed by atoms with Gasteiger partial charge in [0, 0.05) is 23.5 Å². The molecule has 1 aliphatic rings. The van der Waals surface area contributed by atoms with Crippen LogP contribution in [0.4, 0.5) is 0 Å². The number of rotatable bonds is 6. The summed E-state index contributed by atoms with van der Waals surface area (Å²) < 4.78 is 10.4. The molecule has 0 N–H and O–H groups in total. The van der Waals surface area contributed by atoms with E-state index in [9.17, 15) is 4.79 Å². The van der Waals surface area contributed by atoms with E-state index in [0.29, 0.717) is 23.1 Å². The van der Waals surface area contributed by atoms with Gasteiger partial charge < -0.3 is 14.4 Å². The molecule has 0 aliphatic heterocycles. The maximum Gasteiger partial charge on any atom is 0.254 e. The van der Waals surface area contributed by atoms with E-state index in [1.165, 1.54) is 0 Å². The average Bonchev–Trinajstić information content (AvgIpc) is 3.27. The first-order valence-corrected chi connectivity index (χ1v) is 7.42. The molecule has 1 aromatic rings. The fourth-order valence-electron chi connectivity index (χ4n) is 2.06. The van der Waals surface area contributed by atoms with Crippen molar-refractivity contribution in [2.24, 2.45) is 0 Å². The molecule has 1 saturated carbocycles. The molecule has 1 aliphatic carbocycles. The van der Waals surface area contributed by atoms with E-state index in [-0.39, 0.29) is 5.91 Å². The lowest BCUT2D eigenvalue weighted by molar-refractivity contribution is 0.0754. The van der Waals surface area contributed by atoms with Crippen LogP contribution in [0.5, 0.6) is 11.5 Å². The molecule has 1 fully saturated rings. The van der Waals surface area contributed by atoms with Crippen molar-refractivity contribution in [2.75, 3.05) is 26.1 Å². The maximum atomic E-state index is 12.5. The van der Waals surface area contributed by atoms with Crippen LogP contribution in [0.1, 0.15) is 23.2 Å². The molecule has 0 spiro atoms. The number of amides is 1. The average molecular weight is 328 g/mol. The largest absolute Gasteiger partial charge is 0.493 e. The third kappa shape index (κ3) is 3.21. The Bertz CT molecular complexity index is 460. The summed E-state index contributed by atoms with van der Waals surface area (Å²) in [5.41, 5.74) is 0.644. The Morgan fingerprint density at radius 1 is 1.32 bits per heavy atom. The summed E-state index contributed by atoms with van der Waals surface area (Å²) in [7, 11) is 3.16. The van der Waals surface area contributed by atoms with E-state index < -0.39 is 0 Å². The van der Waals surface area contributed by atoms with Gasteiger partial charge in [-0.25, -0.2) is 0 Å². The number of carbonyl (C=O) groups is 1. The Kier molecular flexibility index (Phi) is 4.69. The Hall–Kier alpha value is -1.23. The second kappa shape index (κ2) is 6.28. The molecular formula is C14H18BrNO3. The number of benzene rings is 1. The van der Waals surface area contributed by atoms with Gasteiger partial charge >= 0.3 is 0 Å². The number of hydrogen-bond acceptors (Lipinski definition) is 3. The lowest BCUT2D eigenvalue weighted by Gasteiger charge is -2.21. The molecule has 1 amide bonds. The number of hydrogen-bond donors (Lipinski definition) is 0. The normalized spacial score (nSPS) is 14.1. The first-order valence-electron chi connectivity index (χ1n) is 6.30. The first kappa shape index (κ1) is 14.2. The van der Waals surface area contributed by atoms with Gasteiger partial charge in [-0.1, -0.05) is 15.9 Å². The van der Waals surface area contributed by atoms with Crippen LogP contribution < -0.4 is 9.47 Å². The molecule has 0 atom stereocenters. The molecule has 5 heteroatoms. The van der Waals surface area contributed by atoms with E-state index >= 15 is 0 Å². The standard InChI is InChI=1S/C14H18BrNO3/c1-18-12-6-3-10(9-13(12)19-2)14(17)16(8-7-15)11-4-5-11/h3,6,9,11H,4-5,7-8H2,1-2H3. The maximum absolute atomic E-state index is 12.5. The predicted octanol–water partition coefficient (Wildman–Crippen LogP) is 2.70. The number of nitrogens with zero attached hydrogens (tertiary/aromatic N) is 1. The molecular weight excluding hydrogens is 310 g/mol. The van der Waals surface area contributed by atoms with E-state index in [1.54, 1.807) is 32.4 Å². The van der Waals surface area contributed by atoms with E-state index in [1.807, 2.05) is 4.90 Å². The summed E-state index contributed by atoms with van der Waals surface area (Å²) in [5, 5.41) is 0.794. The van der Waals surface area contributed by atoms with Crippen molar-refractivity contribution in [3.8, 4) is 11.5 Å². The van der Waals surface area contributed by atoms with E-state index in [2.05, 4.69) is 15.9 Å². The zero-order valence-corrected chi connectivity index (χ0v) is 12.8. The summed E-state index contributed by atoms with van der Waals surface area (Å²) in [4.78, 5) is 14.4. The van der Waals surface area contributed by atoms with Crippen LogP contribution in [0.25, 0.3) is 0 Å². The number of ether oxygens (including phenoxy) is 2. The number of methoxy groups -OCH3 is 2. The molecule has 2 rings (SSSR count). The summed E-state index contributed by atoms with van der Waals surface area (Å²) in [5.74, 6) is 1.28. The van der Waals surface area contributed by atoms with Gasteiger partial charge in [-0.3, -0.25) is 4.79 Å². The first-order chi connectivity index (χ1) is 9.21. The van der Waals surface area contributed by atoms with Gasteiger partial charge in [0.2, 0.25) is 0 Å². The third-order valence-electron chi connectivity index (χ3n) is 3.20. The third-order valence-corrected chi connectivity index (χ3v) is 3.56. The second-order valence-corrected chi connectivity index (χ2v) is 5.28. The van der Waals surface area contributed by atoms with Gasteiger partial charge in [-0.15, -0.1) is 0 Å². The summed E-state index contributed by atoms with van der Waals surface area (Å²) in [6, 6.07) is 5.70. The van der Waals surface area contributed by atoms with Crippen molar-refractivity contribution in [2.45, 2.75) is 18.9 Å². The zero-order valence-electron chi connectivity index (χ0n) is 11.2. The Labute approximate surface area is 121 Å². The molecule has 0 bridgehead atoms. The summed E-state index contributed by atoms with van der Waals surface area (Å²) >= 11 is 3.40. The van der Waals surface area contributed by atoms with Gasteiger partial charge in [0.25, 0.3) is 5.91 Å². The van der Waals surface area contributed by atoms with Gasteiger partial charge in [0.15, 0.2) is 11.5 Å². The van der Waals surface area contributed by atoms with Gasteiger partial charge in [0.1, 0.15) is 0 Å². The van der Waals surface area contributed by atoms with Gasteiger partial charge in [-0.05, 0) is 31.0 Å². The fraction of sp³-hybridized carbons (Fsp3) is 0.500. The van der Waals surface area contributed by atoms with Crippen molar-refractivity contribution in [1.82, 2.24) is 4.90 Å². The van der Waals surface area contributed by atoms with Crippen LogP contribution in [-0.2, 0) is 0 Å². The molecule has 0 unspecified atom stereocenters. The molecule has 0 saturated heterocycles. The Morgan fingerprint density at radius 2 is 2.00 bits per heavy atom. The highest BCUT2D eigenvalue weighted by Crippen LogP contribution is 2.31. The van der Waals surface area contributed by atoms with Crippen molar-refractivity contribution in [1.29, 1.82) is 0 Å². The quantitative estimate of drug-likeness (QED) is 0.754. The van der Waals surface area contributed by atoms with Crippen LogP contribution in [-0.4, -0.2) is 42.9 Å². The summed E-state index contributed by atoms with van der Waals surface area (Å²) in [6.07, 6.45) is 2.21. The highest BCUT2D eigenvalue weighted by molar-refractivity contribution is 9.09. The minimum atomic E-state index is 0.0582. The number of halogens is 1. The number of alkyl halides is 1. The van der Waals surface area contributed by atoms with E-state index in [4.69, 9.17) is 9.47 Å². The number of carbonyl (C=O) groups excluding carboxylic acids is 1. The van der Waals surface area contributed by atoms with Crippen molar-refractivity contribution in [3.05, 3.63) is 23.8 Å². The second-order valence-electron chi connectivity index (χ2n) is 4.49. The van der Waals surface area contributed by atoms with E-state index in [0.717, 1.165) is 24.7 Å². The predicted molar refractivity (Wildman–Crippen MR) is 77.4 cm³/mol. The smallest absolute Gasteiger partial charge is 0.254 e. The topological polar surface area (TPSA) is 38.8 Å². The van der Waals surface area contributed by atoms with Crippen molar-refractivity contribution >= 4 is 21.8 Å². The molecule has 1 aromatic carbocycles. The SMILES string of the molecule is COc1ccc(C(=O)N(CCBr)C2CC2)cc1OC. The lowest BCUT2D eigenvalue weighted by Crippen LogP contribution is -2.34. The Morgan fingerprint density at radius 3 is 2.53 bits per heavy atom. The van der Waals surface area contributed by atoms with Crippen LogP contribution >= 0.6 is 15.9 Å². The van der Waals surface area contributed by atoms with Crippen molar-refractivity contribution in [3.63, 3.8) is 0 Å². The molecule has 4 nitrogen and oxygen atoms in total. The minimum Gasteiger partial charge on any atom is -0.493 e. The molecule has 19 heavy (non-hydrogen) atoms. The van der Waals surface area contributed by atoms with Crippen LogP contribution in [0.3, 0.4) is 0 Å². The highest BCUT2D eigenvalue weighted by atomic mass is 79.9. The lowest BCUT2D eigenvalue weighted by atomic mass is 10.1. The Balaban J connectivity index is 2.22. The van der Waals surface area contributed by atoms with Crippen LogP contribution in [0.15, 0.2) is 18.2 Å². The molecule has 0 radical (unpaired) electrons. The highest BCUT2D eigenvalue weighted by Gasteiger charge is 2.32. The molecule has 104 valence electrons. The van der Waals surface area contributed by atoms with Gasteiger partial charge in [-0.2, -0.15) is 0 Å².